The monoisotopic (exact) mass is 317 g/mol. The number of hydrogen-bond donors (Lipinski definition) is 2. The highest BCUT2D eigenvalue weighted by Crippen LogP contribution is 2.16. The average Bonchev–Trinajstić information content (AvgIpc) is 2.47. The Morgan fingerprint density at radius 2 is 2.00 bits per heavy atom. The minimum atomic E-state index is -0.194. The van der Waals surface area contributed by atoms with E-state index in [1.54, 1.807) is 0 Å². The van der Waals surface area contributed by atoms with Crippen LogP contribution in [0.2, 0.25) is 0 Å². The van der Waals surface area contributed by atoms with Crippen molar-refractivity contribution in [3.8, 4) is 0 Å². The van der Waals surface area contributed by atoms with Crippen LogP contribution in [-0.4, -0.2) is 21.6 Å². The number of nitrogens with zero attached hydrogens (tertiary/aromatic N) is 1. The van der Waals surface area contributed by atoms with E-state index >= 15 is 0 Å². The van der Waals surface area contributed by atoms with Gasteiger partial charge in [0, 0.05) is 11.8 Å². The van der Waals surface area contributed by atoms with Crippen molar-refractivity contribution >= 4 is 23.4 Å². The number of nitrogens with one attached hydrogen (secondary N) is 2. The molecule has 2 N–H and O–H groups in total. The molecule has 0 aliphatic heterocycles. The second kappa shape index (κ2) is 7.26. The van der Waals surface area contributed by atoms with Crippen LogP contribution in [0, 0.1) is 6.92 Å². The van der Waals surface area contributed by atoms with Crippen LogP contribution in [-0.2, 0) is 4.79 Å². The molecule has 0 atom stereocenters. The van der Waals surface area contributed by atoms with E-state index in [2.05, 4.69) is 15.3 Å². The van der Waals surface area contributed by atoms with Crippen molar-refractivity contribution in [1.82, 2.24) is 9.97 Å². The number of hydrogen-bond acceptors (Lipinski definition) is 4. The molecule has 1 heterocycles. The minimum absolute atomic E-state index is 0.133. The number of rotatable bonds is 5. The van der Waals surface area contributed by atoms with Crippen LogP contribution in [0.15, 0.2) is 40.3 Å². The number of thioether (sulfide) groups is 1. The molecule has 0 saturated carbocycles. The highest BCUT2D eigenvalue weighted by molar-refractivity contribution is 7.99. The van der Waals surface area contributed by atoms with E-state index < -0.39 is 0 Å². The van der Waals surface area contributed by atoms with Crippen LogP contribution >= 0.6 is 11.8 Å². The third-order valence-corrected chi connectivity index (χ3v) is 3.88. The lowest BCUT2D eigenvalue weighted by molar-refractivity contribution is -0.113. The molecule has 0 aliphatic rings. The average molecular weight is 317 g/mol. The van der Waals surface area contributed by atoms with E-state index in [0.29, 0.717) is 5.16 Å². The molecular weight excluding hydrogens is 298 g/mol. The van der Waals surface area contributed by atoms with Crippen molar-refractivity contribution < 1.29 is 4.79 Å². The SMILES string of the molecule is Cc1ccc(NC(=O)CSc2nc(C(C)C)cc(=O)[nH]2)cc1. The van der Waals surface area contributed by atoms with Crippen LogP contribution in [0.5, 0.6) is 0 Å². The third-order valence-electron chi connectivity index (χ3n) is 3.01. The molecular formula is C16H19N3O2S. The van der Waals surface area contributed by atoms with E-state index in [1.165, 1.54) is 17.8 Å². The maximum atomic E-state index is 11.9. The molecule has 2 rings (SSSR count). The van der Waals surface area contributed by atoms with Crippen molar-refractivity contribution in [3.05, 3.63) is 51.9 Å². The third kappa shape index (κ3) is 4.73. The summed E-state index contributed by atoms with van der Waals surface area (Å²) in [6, 6.07) is 9.08. The zero-order valence-electron chi connectivity index (χ0n) is 12.8. The van der Waals surface area contributed by atoms with Gasteiger partial charge in [-0.2, -0.15) is 0 Å². The first kappa shape index (κ1) is 16.3. The van der Waals surface area contributed by atoms with Gasteiger partial charge in [-0.3, -0.25) is 9.59 Å². The molecule has 0 unspecified atom stereocenters. The molecule has 1 aromatic heterocycles. The number of aromatic amines is 1. The fourth-order valence-electron chi connectivity index (χ4n) is 1.79. The van der Waals surface area contributed by atoms with Gasteiger partial charge in [-0.25, -0.2) is 4.98 Å². The summed E-state index contributed by atoms with van der Waals surface area (Å²) in [6.45, 7) is 5.94. The molecule has 116 valence electrons. The fraction of sp³-hybridized carbons (Fsp3) is 0.312. The molecule has 1 amide bonds. The highest BCUT2D eigenvalue weighted by Gasteiger charge is 2.08. The molecule has 0 bridgehead atoms. The van der Waals surface area contributed by atoms with Gasteiger partial charge in [-0.05, 0) is 25.0 Å². The number of carbonyl (C=O) groups excluding carboxylic acids is 1. The molecule has 2 aromatic rings. The Hall–Kier alpha value is -2.08. The molecule has 6 heteroatoms. The lowest BCUT2D eigenvalue weighted by atomic mass is 10.1. The summed E-state index contributed by atoms with van der Waals surface area (Å²) in [6.07, 6.45) is 0. The number of amides is 1. The van der Waals surface area contributed by atoms with Gasteiger partial charge >= 0.3 is 0 Å². The maximum Gasteiger partial charge on any atom is 0.251 e. The second-order valence-corrected chi connectivity index (χ2v) is 6.30. The van der Waals surface area contributed by atoms with Gasteiger partial charge in [0.05, 0.1) is 11.4 Å². The summed E-state index contributed by atoms with van der Waals surface area (Å²) < 4.78 is 0. The predicted molar refractivity (Wildman–Crippen MR) is 89.5 cm³/mol. The maximum absolute atomic E-state index is 11.9. The van der Waals surface area contributed by atoms with E-state index in [1.807, 2.05) is 45.0 Å². The van der Waals surface area contributed by atoms with E-state index in [9.17, 15) is 9.59 Å². The van der Waals surface area contributed by atoms with Crippen LogP contribution in [0.1, 0.15) is 31.0 Å². The molecule has 0 radical (unpaired) electrons. The predicted octanol–water partition coefficient (Wildman–Crippen LogP) is 2.93. The number of carbonyl (C=O) groups is 1. The zero-order chi connectivity index (χ0) is 16.1. The first-order valence-corrected chi connectivity index (χ1v) is 8.03. The number of anilines is 1. The zero-order valence-corrected chi connectivity index (χ0v) is 13.7. The molecule has 1 aromatic carbocycles. The lowest BCUT2D eigenvalue weighted by Crippen LogP contribution is -2.16. The fourth-order valence-corrected chi connectivity index (χ4v) is 2.47. The van der Waals surface area contributed by atoms with Crippen molar-refractivity contribution in [2.75, 3.05) is 11.1 Å². The smallest absolute Gasteiger partial charge is 0.251 e. The summed E-state index contributed by atoms with van der Waals surface area (Å²) >= 11 is 1.22. The number of aromatic nitrogens is 2. The van der Waals surface area contributed by atoms with E-state index in [4.69, 9.17) is 0 Å². The number of H-pyrrole nitrogens is 1. The molecule has 22 heavy (non-hydrogen) atoms. The number of benzene rings is 1. The summed E-state index contributed by atoms with van der Waals surface area (Å²) in [4.78, 5) is 30.5. The Morgan fingerprint density at radius 1 is 1.32 bits per heavy atom. The van der Waals surface area contributed by atoms with Crippen LogP contribution < -0.4 is 10.9 Å². The van der Waals surface area contributed by atoms with Gasteiger partial charge in [-0.15, -0.1) is 0 Å². The quantitative estimate of drug-likeness (QED) is 0.657. The van der Waals surface area contributed by atoms with Crippen LogP contribution in [0.25, 0.3) is 0 Å². The van der Waals surface area contributed by atoms with Gasteiger partial charge in [0.1, 0.15) is 0 Å². The first-order valence-electron chi connectivity index (χ1n) is 7.04. The Balaban J connectivity index is 1.96. The topological polar surface area (TPSA) is 74.8 Å². The molecule has 5 nitrogen and oxygen atoms in total. The first-order chi connectivity index (χ1) is 10.4. The molecule has 0 spiro atoms. The lowest BCUT2D eigenvalue weighted by Gasteiger charge is -2.07. The van der Waals surface area contributed by atoms with E-state index in [-0.39, 0.29) is 23.1 Å². The molecule has 0 aliphatic carbocycles. The van der Waals surface area contributed by atoms with Crippen molar-refractivity contribution in [2.45, 2.75) is 31.8 Å². The van der Waals surface area contributed by atoms with Crippen molar-refractivity contribution in [3.63, 3.8) is 0 Å². The molecule has 0 fully saturated rings. The Labute approximate surface area is 133 Å². The van der Waals surface area contributed by atoms with Gasteiger partial charge in [0.25, 0.3) is 5.56 Å². The summed E-state index contributed by atoms with van der Waals surface area (Å²) in [5.74, 6) is 0.229. The summed E-state index contributed by atoms with van der Waals surface area (Å²) in [7, 11) is 0. The van der Waals surface area contributed by atoms with Crippen molar-refractivity contribution in [1.29, 1.82) is 0 Å². The molecule has 0 saturated heterocycles. The van der Waals surface area contributed by atoms with Crippen LogP contribution in [0.3, 0.4) is 0 Å². The van der Waals surface area contributed by atoms with Gasteiger partial charge in [-0.1, -0.05) is 43.3 Å². The Bertz CT molecular complexity index is 708. The highest BCUT2D eigenvalue weighted by atomic mass is 32.2. The Kier molecular flexibility index (Phi) is 5.38. The summed E-state index contributed by atoms with van der Waals surface area (Å²) in [5.41, 5.74) is 2.43. The van der Waals surface area contributed by atoms with Crippen LogP contribution in [0.4, 0.5) is 5.69 Å². The Morgan fingerprint density at radius 3 is 2.64 bits per heavy atom. The summed E-state index contributed by atoms with van der Waals surface area (Å²) in [5, 5.41) is 3.28. The van der Waals surface area contributed by atoms with Gasteiger partial charge in [0.2, 0.25) is 5.91 Å². The minimum Gasteiger partial charge on any atom is -0.325 e. The van der Waals surface area contributed by atoms with Gasteiger partial charge in [0.15, 0.2) is 5.16 Å². The van der Waals surface area contributed by atoms with E-state index in [0.717, 1.165) is 16.9 Å². The van der Waals surface area contributed by atoms with Gasteiger partial charge < -0.3 is 10.3 Å². The van der Waals surface area contributed by atoms with Crippen molar-refractivity contribution in [2.24, 2.45) is 0 Å². The second-order valence-electron chi connectivity index (χ2n) is 5.33. The number of aryl methyl sites for hydroxylation is 1. The largest absolute Gasteiger partial charge is 0.325 e. The normalized spacial score (nSPS) is 10.7. The standard InChI is InChI=1S/C16H19N3O2S/c1-10(2)13-8-14(20)19-16(18-13)22-9-15(21)17-12-6-4-11(3)5-7-12/h4-8,10H,9H2,1-3H3,(H,17,21)(H,18,19,20).